The number of halogens is 2. The van der Waals surface area contributed by atoms with E-state index in [0.717, 1.165) is 4.90 Å². The van der Waals surface area contributed by atoms with Crippen LogP contribution in [0.2, 0.25) is 10.0 Å². The van der Waals surface area contributed by atoms with E-state index in [2.05, 4.69) is 0 Å². The average molecular weight is 276 g/mol. The van der Waals surface area contributed by atoms with Gasteiger partial charge in [-0.2, -0.15) is 0 Å². The lowest BCUT2D eigenvalue weighted by atomic mass is 9.93. The van der Waals surface area contributed by atoms with Gasteiger partial charge in [-0.1, -0.05) is 35.3 Å². The molecule has 2 rings (SSSR count). The molecule has 1 aliphatic heterocycles. The minimum absolute atomic E-state index is 0.0163. The molecule has 1 unspecified atom stereocenters. The highest BCUT2D eigenvalue weighted by Crippen LogP contribution is 2.38. The predicted octanol–water partition coefficient (Wildman–Crippen LogP) is 2.56. The summed E-state index contributed by atoms with van der Waals surface area (Å²) in [6, 6.07) is 4.98. The van der Waals surface area contributed by atoms with Crippen molar-refractivity contribution in [2.75, 3.05) is 13.1 Å². The number of nitrogens with zero attached hydrogens (tertiary/aromatic N) is 1. The fraction of sp³-hybridized carbons (Fsp3) is 0.364. The largest absolute Gasteiger partial charge is 0.465 e. The van der Waals surface area contributed by atoms with E-state index in [1.54, 1.807) is 18.2 Å². The highest BCUT2D eigenvalue weighted by Gasteiger charge is 2.41. The van der Waals surface area contributed by atoms with E-state index in [-0.39, 0.29) is 18.1 Å². The zero-order valence-electron chi connectivity index (χ0n) is 8.86. The zero-order valence-corrected chi connectivity index (χ0v) is 10.4. The van der Waals surface area contributed by atoms with Gasteiger partial charge in [0, 0.05) is 12.1 Å². The van der Waals surface area contributed by atoms with E-state index in [0.29, 0.717) is 17.0 Å². The normalized spacial score (nSPS) is 24.1. The van der Waals surface area contributed by atoms with Crippen molar-refractivity contribution in [3.05, 3.63) is 33.8 Å². The maximum absolute atomic E-state index is 10.8. The Kier molecular flexibility index (Phi) is 3.21. The number of hydrogen-bond acceptors (Lipinski definition) is 2. The summed E-state index contributed by atoms with van der Waals surface area (Å²) < 4.78 is 0. The van der Waals surface area contributed by atoms with E-state index < -0.39 is 11.7 Å². The maximum atomic E-state index is 10.8. The van der Waals surface area contributed by atoms with Crippen LogP contribution in [-0.4, -0.2) is 34.3 Å². The number of carbonyl (C=O) groups is 1. The summed E-state index contributed by atoms with van der Waals surface area (Å²) in [5.41, 5.74) is -0.768. The van der Waals surface area contributed by atoms with Crippen LogP contribution in [0.25, 0.3) is 0 Å². The highest BCUT2D eigenvalue weighted by atomic mass is 35.5. The summed E-state index contributed by atoms with van der Waals surface area (Å²) in [5, 5.41) is 19.9. The Morgan fingerprint density at radius 1 is 1.41 bits per heavy atom. The van der Waals surface area contributed by atoms with Gasteiger partial charge in [0.25, 0.3) is 0 Å². The fourth-order valence-electron chi connectivity index (χ4n) is 2.04. The summed E-state index contributed by atoms with van der Waals surface area (Å²) >= 11 is 11.9. The maximum Gasteiger partial charge on any atom is 0.407 e. The molecule has 1 amide bonds. The molecule has 0 bridgehead atoms. The van der Waals surface area contributed by atoms with Crippen molar-refractivity contribution in [3.8, 4) is 0 Å². The predicted molar refractivity (Wildman–Crippen MR) is 64.6 cm³/mol. The molecule has 0 saturated carbocycles. The third-order valence-corrected chi connectivity index (χ3v) is 3.79. The Bertz CT molecular complexity index is 466. The summed E-state index contributed by atoms with van der Waals surface area (Å²) in [5.74, 6) is 0. The molecule has 1 saturated heterocycles. The third-order valence-electron chi connectivity index (χ3n) is 2.97. The van der Waals surface area contributed by atoms with E-state index in [1.165, 1.54) is 0 Å². The van der Waals surface area contributed by atoms with Crippen LogP contribution in [0.4, 0.5) is 4.79 Å². The Morgan fingerprint density at radius 2 is 2.12 bits per heavy atom. The quantitative estimate of drug-likeness (QED) is 0.828. The number of likely N-dealkylation sites (tertiary alicyclic amines) is 1. The summed E-state index contributed by atoms with van der Waals surface area (Å²) in [6.07, 6.45) is -0.724. The SMILES string of the molecule is O=C(O)N1CCC(O)(c2cccc(Cl)c2Cl)C1. The smallest absolute Gasteiger partial charge is 0.407 e. The second-order valence-electron chi connectivity index (χ2n) is 4.09. The molecule has 1 atom stereocenters. The van der Waals surface area contributed by atoms with Crippen LogP contribution in [0.5, 0.6) is 0 Å². The van der Waals surface area contributed by atoms with Crippen molar-refractivity contribution in [1.29, 1.82) is 0 Å². The Labute approximate surface area is 108 Å². The number of β-amino-alcohol motifs (C(OH)–C–C–N with tert-alkyl or cyclic N) is 1. The molecule has 1 aromatic carbocycles. The number of hydrogen-bond donors (Lipinski definition) is 2. The first-order valence-corrected chi connectivity index (χ1v) is 5.84. The van der Waals surface area contributed by atoms with Gasteiger partial charge in [-0.15, -0.1) is 0 Å². The molecule has 1 aromatic rings. The zero-order chi connectivity index (χ0) is 12.6. The lowest BCUT2D eigenvalue weighted by molar-refractivity contribution is 0.0460. The molecule has 4 nitrogen and oxygen atoms in total. The first-order valence-electron chi connectivity index (χ1n) is 5.09. The van der Waals surface area contributed by atoms with Gasteiger partial charge < -0.3 is 15.1 Å². The molecule has 0 radical (unpaired) electrons. The lowest BCUT2D eigenvalue weighted by Crippen LogP contribution is -2.33. The standard InChI is InChI=1S/C11H11Cl2NO3/c12-8-3-1-2-7(9(8)13)11(17)4-5-14(6-11)10(15)16/h1-3,17H,4-6H2,(H,15,16). The summed E-state index contributed by atoms with van der Waals surface area (Å²) in [7, 11) is 0. The molecule has 1 fully saturated rings. The Morgan fingerprint density at radius 3 is 2.71 bits per heavy atom. The van der Waals surface area contributed by atoms with Gasteiger partial charge in [-0.25, -0.2) is 4.79 Å². The molecule has 1 aliphatic rings. The van der Waals surface area contributed by atoms with Crippen molar-refractivity contribution in [2.45, 2.75) is 12.0 Å². The second-order valence-corrected chi connectivity index (χ2v) is 4.87. The third kappa shape index (κ3) is 2.20. The molecule has 0 spiro atoms. The van der Waals surface area contributed by atoms with Gasteiger partial charge in [0.2, 0.25) is 0 Å². The van der Waals surface area contributed by atoms with Crippen LogP contribution in [0.15, 0.2) is 18.2 Å². The first kappa shape index (κ1) is 12.5. The van der Waals surface area contributed by atoms with E-state index in [1.807, 2.05) is 0 Å². The number of benzene rings is 1. The van der Waals surface area contributed by atoms with E-state index in [9.17, 15) is 9.90 Å². The van der Waals surface area contributed by atoms with Crippen LogP contribution < -0.4 is 0 Å². The van der Waals surface area contributed by atoms with Crippen LogP contribution in [0, 0.1) is 0 Å². The van der Waals surface area contributed by atoms with Gasteiger partial charge in [-0.3, -0.25) is 0 Å². The Balaban J connectivity index is 2.34. The van der Waals surface area contributed by atoms with Gasteiger partial charge in [-0.05, 0) is 12.5 Å². The van der Waals surface area contributed by atoms with Crippen molar-refractivity contribution < 1.29 is 15.0 Å². The number of rotatable bonds is 1. The van der Waals surface area contributed by atoms with Gasteiger partial charge >= 0.3 is 6.09 Å². The molecular formula is C11H11Cl2NO3. The Hall–Kier alpha value is -0.970. The van der Waals surface area contributed by atoms with E-state index >= 15 is 0 Å². The topological polar surface area (TPSA) is 60.8 Å². The van der Waals surface area contributed by atoms with Gasteiger partial charge in [0.05, 0.1) is 16.6 Å². The summed E-state index contributed by atoms with van der Waals surface area (Å²) in [6.45, 7) is 0.303. The number of carboxylic acid groups (broad SMARTS) is 1. The van der Waals surface area contributed by atoms with Crippen LogP contribution in [0.3, 0.4) is 0 Å². The number of aliphatic hydroxyl groups is 1. The van der Waals surface area contributed by atoms with E-state index in [4.69, 9.17) is 28.3 Å². The van der Waals surface area contributed by atoms with Crippen molar-refractivity contribution in [3.63, 3.8) is 0 Å². The molecule has 6 heteroatoms. The van der Waals surface area contributed by atoms with Crippen LogP contribution in [-0.2, 0) is 5.60 Å². The molecule has 92 valence electrons. The monoisotopic (exact) mass is 275 g/mol. The van der Waals surface area contributed by atoms with Crippen LogP contribution in [0.1, 0.15) is 12.0 Å². The number of amides is 1. The lowest BCUT2D eigenvalue weighted by Gasteiger charge is -2.24. The van der Waals surface area contributed by atoms with Crippen molar-refractivity contribution in [1.82, 2.24) is 4.90 Å². The van der Waals surface area contributed by atoms with Crippen molar-refractivity contribution in [2.24, 2.45) is 0 Å². The van der Waals surface area contributed by atoms with Crippen LogP contribution >= 0.6 is 23.2 Å². The molecule has 0 aromatic heterocycles. The van der Waals surface area contributed by atoms with Crippen molar-refractivity contribution >= 4 is 29.3 Å². The minimum Gasteiger partial charge on any atom is -0.465 e. The first-order chi connectivity index (χ1) is 7.94. The molecule has 1 heterocycles. The molecule has 17 heavy (non-hydrogen) atoms. The second kappa shape index (κ2) is 4.37. The molecule has 0 aliphatic carbocycles. The fourth-order valence-corrected chi connectivity index (χ4v) is 2.52. The molecular weight excluding hydrogens is 265 g/mol. The highest BCUT2D eigenvalue weighted by molar-refractivity contribution is 6.42. The van der Waals surface area contributed by atoms with Gasteiger partial charge in [0.15, 0.2) is 0 Å². The summed E-state index contributed by atoms with van der Waals surface area (Å²) in [4.78, 5) is 12.0. The molecule has 2 N–H and O–H groups in total. The van der Waals surface area contributed by atoms with Gasteiger partial charge in [0.1, 0.15) is 5.60 Å². The minimum atomic E-state index is -1.25. The average Bonchev–Trinajstić information content (AvgIpc) is 2.66.